The molecule has 1 aliphatic rings. The summed E-state index contributed by atoms with van der Waals surface area (Å²) in [6.45, 7) is 8.77. The van der Waals surface area contributed by atoms with E-state index >= 15 is 0 Å². The standard InChI is InChI=1S/C19H32N6O3.HI/c1-3-21-19(23-8-14-28-17-5-4-6-20-15-17)25-11-9-24(10-12-25)16-18(26)22-7-13-27-2;/h4-6,15H,3,7-14,16H2,1-2H3,(H,21,23)(H,22,26);1H. The zero-order chi connectivity index (χ0) is 20.0. The van der Waals surface area contributed by atoms with Crippen LogP contribution in [-0.2, 0) is 9.53 Å². The Morgan fingerprint density at radius 1 is 1.24 bits per heavy atom. The van der Waals surface area contributed by atoms with Crippen molar-refractivity contribution < 1.29 is 14.3 Å². The Bertz CT molecular complexity index is 597. The van der Waals surface area contributed by atoms with Gasteiger partial charge in [-0.3, -0.25) is 14.7 Å². The summed E-state index contributed by atoms with van der Waals surface area (Å²) < 4.78 is 10.6. The lowest BCUT2D eigenvalue weighted by atomic mass is 10.3. The van der Waals surface area contributed by atoms with Crippen LogP contribution in [0.15, 0.2) is 29.5 Å². The first-order chi connectivity index (χ1) is 13.7. The molecule has 10 heteroatoms. The molecule has 9 nitrogen and oxygen atoms in total. The third kappa shape index (κ3) is 10.1. The highest BCUT2D eigenvalue weighted by molar-refractivity contribution is 14.0. The van der Waals surface area contributed by atoms with Gasteiger partial charge in [-0.25, -0.2) is 4.99 Å². The van der Waals surface area contributed by atoms with E-state index in [1.165, 1.54) is 0 Å². The Labute approximate surface area is 190 Å². The van der Waals surface area contributed by atoms with Gasteiger partial charge in [-0.1, -0.05) is 0 Å². The van der Waals surface area contributed by atoms with Crippen LogP contribution in [0.25, 0.3) is 0 Å². The molecule has 1 aromatic rings. The Morgan fingerprint density at radius 3 is 2.69 bits per heavy atom. The van der Waals surface area contributed by atoms with Gasteiger partial charge in [-0.2, -0.15) is 0 Å². The van der Waals surface area contributed by atoms with Gasteiger partial charge in [-0.15, -0.1) is 24.0 Å². The topological polar surface area (TPSA) is 91.3 Å². The van der Waals surface area contributed by atoms with Crippen LogP contribution in [0.3, 0.4) is 0 Å². The number of rotatable bonds is 10. The molecule has 0 aromatic carbocycles. The minimum absolute atomic E-state index is 0. The molecule has 1 saturated heterocycles. The van der Waals surface area contributed by atoms with Crippen molar-refractivity contribution in [1.82, 2.24) is 25.4 Å². The fraction of sp³-hybridized carbons (Fsp3) is 0.632. The molecule has 2 rings (SSSR count). The van der Waals surface area contributed by atoms with E-state index in [1.54, 1.807) is 19.5 Å². The van der Waals surface area contributed by atoms with Gasteiger partial charge < -0.3 is 25.0 Å². The van der Waals surface area contributed by atoms with E-state index in [-0.39, 0.29) is 29.9 Å². The summed E-state index contributed by atoms with van der Waals surface area (Å²) in [5.41, 5.74) is 0. The molecule has 0 unspecified atom stereocenters. The minimum atomic E-state index is 0. The third-order valence-electron chi connectivity index (χ3n) is 4.26. The predicted octanol–water partition coefficient (Wildman–Crippen LogP) is 0.424. The van der Waals surface area contributed by atoms with Gasteiger partial charge in [0.05, 0.1) is 25.9 Å². The minimum Gasteiger partial charge on any atom is -0.490 e. The third-order valence-corrected chi connectivity index (χ3v) is 4.26. The van der Waals surface area contributed by atoms with Crippen LogP contribution < -0.4 is 15.4 Å². The predicted molar refractivity (Wildman–Crippen MR) is 124 cm³/mol. The van der Waals surface area contributed by atoms with Crippen LogP contribution in [0.5, 0.6) is 5.75 Å². The average molecular weight is 520 g/mol. The highest BCUT2D eigenvalue weighted by Gasteiger charge is 2.21. The van der Waals surface area contributed by atoms with Crippen molar-refractivity contribution >= 4 is 35.8 Å². The molecule has 1 amide bonds. The zero-order valence-corrected chi connectivity index (χ0v) is 19.6. The summed E-state index contributed by atoms with van der Waals surface area (Å²) in [6.07, 6.45) is 3.41. The molecule has 0 bridgehead atoms. The zero-order valence-electron chi connectivity index (χ0n) is 17.3. The highest BCUT2D eigenvalue weighted by atomic mass is 127. The number of hydrogen-bond acceptors (Lipinski definition) is 6. The fourth-order valence-corrected chi connectivity index (χ4v) is 2.84. The number of pyridine rings is 1. The second-order valence-electron chi connectivity index (χ2n) is 6.38. The first-order valence-electron chi connectivity index (χ1n) is 9.77. The normalized spacial score (nSPS) is 14.8. The van der Waals surface area contributed by atoms with E-state index in [9.17, 15) is 4.79 Å². The molecule has 1 aliphatic heterocycles. The molecule has 164 valence electrons. The summed E-state index contributed by atoms with van der Waals surface area (Å²) in [5, 5.41) is 6.20. The quantitative estimate of drug-likeness (QED) is 0.200. The molecular formula is C19H33IN6O3. The maximum Gasteiger partial charge on any atom is 0.234 e. The van der Waals surface area contributed by atoms with Gasteiger partial charge in [0.15, 0.2) is 5.96 Å². The molecular weight excluding hydrogens is 487 g/mol. The van der Waals surface area contributed by atoms with Crippen LogP contribution in [0, 0.1) is 0 Å². The number of carbonyl (C=O) groups excluding carboxylic acids is 1. The van der Waals surface area contributed by atoms with E-state index in [0.29, 0.717) is 32.8 Å². The number of nitrogens with one attached hydrogen (secondary N) is 2. The van der Waals surface area contributed by atoms with E-state index in [1.807, 2.05) is 12.1 Å². The Hall–Kier alpha value is -1.66. The lowest BCUT2D eigenvalue weighted by Gasteiger charge is -2.36. The number of aromatic nitrogens is 1. The van der Waals surface area contributed by atoms with Crippen LogP contribution in [-0.4, -0.2) is 99.3 Å². The molecule has 1 fully saturated rings. The summed E-state index contributed by atoms with van der Waals surface area (Å²) in [5.74, 6) is 1.68. The number of hydrogen-bond donors (Lipinski definition) is 2. The van der Waals surface area contributed by atoms with Gasteiger partial charge in [-0.05, 0) is 19.1 Å². The first-order valence-corrected chi connectivity index (χ1v) is 9.77. The Balaban J connectivity index is 0.00000420. The molecule has 29 heavy (non-hydrogen) atoms. The summed E-state index contributed by atoms with van der Waals surface area (Å²) >= 11 is 0. The molecule has 0 saturated carbocycles. The second kappa shape index (κ2) is 15.2. The van der Waals surface area contributed by atoms with Crippen molar-refractivity contribution in [1.29, 1.82) is 0 Å². The molecule has 2 N–H and O–H groups in total. The van der Waals surface area contributed by atoms with Gasteiger partial charge in [0, 0.05) is 52.6 Å². The first kappa shape index (κ1) is 25.4. The Kier molecular flexibility index (Phi) is 13.3. The maximum atomic E-state index is 11.9. The van der Waals surface area contributed by atoms with Gasteiger partial charge in [0.2, 0.25) is 5.91 Å². The smallest absolute Gasteiger partial charge is 0.234 e. The maximum absolute atomic E-state index is 11.9. The van der Waals surface area contributed by atoms with E-state index in [0.717, 1.165) is 44.4 Å². The lowest BCUT2D eigenvalue weighted by molar-refractivity contribution is -0.122. The number of methoxy groups -OCH3 is 1. The molecule has 0 radical (unpaired) electrons. The van der Waals surface area contributed by atoms with E-state index < -0.39 is 0 Å². The number of guanidine groups is 1. The van der Waals surface area contributed by atoms with Crippen LogP contribution in [0.2, 0.25) is 0 Å². The summed E-state index contributed by atoms with van der Waals surface area (Å²) in [7, 11) is 1.62. The van der Waals surface area contributed by atoms with Crippen LogP contribution >= 0.6 is 24.0 Å². The van der Waals surface area contributed by atoms with Crippen molar-refractivity contribution in [2.45, 2.75) is 6.92 Å². The fourth-order valence-electron chi connectivity index (χ4n) is 2.84. The molecule has 0 atom stereocenters. The number of amides is 1. The monoisotopic (exact) mass is 520 g/mol. The lowest BCUT2D eigenvalue weighted by Crippen LogP contribution is -2.54. The van der Waals surface area contributed by atoms with Crippen LogP contribution in [0.4, 0.5) is 0 Å². The van der Waals surface area contributed by atoms with Crippen molar-refractivity contribution in [3.8, 4) is 5.75 Å². The largest absolute Gasteiger partial charge is 0.490 e. The molecule has 1 aromatic heterocycles. The molecule has 2 heterocycles. The number of nitrogens with zero attached hydrogens (tertiary/aromatic N) is 4. The summed E-state index contributed by atoms with van der Waals surface area (Å²) in [4.78, 5) is 25.0. The van der Waals surface area contributed by atoms with E-state index in [4.69, 9.17) is 9.47 Å². The molecule has 0 spiro atoms. The van der Waals surface area contributed by atoms with Crippen molar-refractivity contribution in [3.63, 3.8) is 0 Å². The highest BCUT2D eigenvalue weighted by Crippen LogP contribution is 2.06. The number of ether oxygens (including phenoxy) is 2. The van der Waals surface area contributed by atoms with Gasteiger partial charge in [0.1, 0.15) is 12.4 Å². The molecule has 0 aliphatic carbocycles. The van der Waals surface area contributed by atoms with Crippen molar-refractivity contribution in [3.05, 3.63) is 24.5 Å². The number of piperazine rings is 1. The Morgan fingerprint density at radius 2 is 2.03 bits per heavy atom. The van der Waals surface area contributed by atoms with Crippen molar-refractivity contribution in [2.75, 3.05) is 72.7 Å². The number of aliphatic imine (C=N–C) groups is 1. The van der Waals surface area contributed by atoms with Crippen molar-refractivity contribution in [2.24, 2.45) is 4.99 Å². The van der Waals surface area contributed by atoms with Crippen LogP contribution in [0.1, 0.15) is 6.92 Å². The average Bonchev–Trinajstić information content (AvgIpc) is 2.72. The number of halogens is 1. The van der Waals surface area contributed by atoms with E-state index in [2.05, 4.69) is 37.3 Å². The SMILES string of the molecule is CCNC(=NCCOc1cccnc1)N1CCN(CC(=O)NCCOC)CC1.I. The number of carbonyl (C=O) groups is 1. The second-order valence-corrected chi connectivity index (χ2v) is 6.38. The summed E-state index contributed by atoms with van der Waals surface area (Å²) in [6, 6.07) is 3.73. The van der Waals surface area contributed by atoms with Gasteiger partial charge >= 0.3 is 0 Å². The van der Waals surface area contributed by atoms with Gasteiger partial charge in [0.25, 0.3) is 0 Å².